The number of nitrogens with one attached hydrogen (secondary N) is 1. The van der Waals surface area contributed by atoms with Crippen molar-refractivity contribution >= 4 is 40.1 Å². The smallest absolute Gasteiger partial charge is 0.250 e. The highest BCUT2D eigenvalue weighted by atomic mass is 35.5. The van der Waals surface area contributed by atoms with Gasteiger partial charge in [0.25, 0.3) is 0 Å². The number of benzene rings is 2. The number of amides is 1. The molecule has 1 aromatic heterocycles. The normalized spacial score (nSPS) is 11.0. The summed E-state index contributed by atoms with van der Waals surface area (Å²) in [5, 5.41) is 4.02. The van der Waals surface area contributed by atoms with Gasteiger partial charge in [-0.1, -0.05) is 23.7 Å². The molecule has 1 amide bonds. The zero-order valence-electron chi connectivity index (χ0n) is 15.2. The molecular formula is C21H19ClN2O2S. The van der Waals surface area contributed by atoms with Gasteiger partial charge in [-0.05, 0) is 61.4 Å². The van der Waals surface area contributed by atoms with E-state index in [1.807, 2.05) is 44.2 Å². The van der Waals surface area contributed by atoms with Crippen molar-refractivity contribution in [2.75, 3.05) is 12.4 Å². The fourth-order valence-electron chi connectivity index (χ4n) is 2.67. The first kappa shape index (κ1) is 19.1. The number of aryl methyl sites for hydroxylation is 2. The topological polar surface area (TPSA) is 51.2 Å². The lowest BCUT2D eigenvalue weighted by Crippen LogP contribution is -2.07. The number of thiazole rings is 1. The molecule has 6 heteroatoms. The maximum absolute atomic E-state index is 12.2. The highest BCUT2D eigenvalue weighted by Crippen LogP contribution is 2.32. The van der Waals surface area contributed by atoms with Crippen molar-refractivity contribution in [1.29, 1.82) is 0 Å². The average Bonchev–Trinajstić information content (AvgIpc) is 3.00. The molecule has 0 saturated heterocycles. The SMILES string of the molecule is COc1ccc(-c2nc(NC(=O)/C=C/c3cccc(Cl)c3)sc2C)cc1C. The summed E-state index contributed by atoms with van der Waals surface area (Å²) >= 11 is 7.40. The minimum absolute atomic E-state index is 0.235. The van der Waals surface area contributed by atoms with Gasteiger partial charge in [0.05, 0.1) is 12.8 Å². The Hall–Kier alpha value is -2.63. The standard InChI is InChI=1S/C21H19ClN2O2S/c1-13-11-16(8-9-18(13)26-3)20-14(2)27-21(24-20)23-19(25)10-7-15-5-4-6-17(22)12-15/h4-12H,1-3H3,(H,23,24,25)/b10-7+. The van der Waals surface area contributed by atoms with Gasteiger partial charge >= 0.3 is 0 Å². The van der Waals surface area contributed by atoms with E-state index in [2.05, 4.69) is 10.3 Å². The van der Waals surface area contributed by atoms with Crippen LogP contribution >= 0.6 is 22.9 Å². The summed E-state index contributed by atoms with van der Waals surface area (Å²) in [6.45, 7) is 3.98. The van der Waals surface area contributed by atoms with Gasteiger partial charge in [-0.2, -0.15) is 0 Å². The van der Waals surface area contributed by atoms with Crippen molar-refractivity contribution in [2.24, 2.45) is 0 Å². The van der Waals surface area contributed by atoms with Crippen LogP contribution in [0.25, 0.3) is 17.3 Å². The predicted octanol–water partition coefficient (Wildman–Crippen LogP) is 5.74. The number of methoxy groups -OCH3 is 1. The minimum Gasteiger partial charge on any atom is -0.496 e. The number of nitrogens with zero attached hydrogens (tertiary/aromatic N) is 1. The van der Waals surface area contributed by atoms with E-state index in [0.29, 0.717) is 10.2 Å². The number of halogens is 1. The van der Waals surface area contributed by atoms with Crippen LogP contribution in [0.3, 0.4) is 0 Å². The zero-order chi connectivity index (χ0) is 19.4. The third-order valence-corrected chi connectivity index (χ3v) is 5.09. The fourth-order valence-corrected chi connectivity index (χ4v) is 3.71. The van der Waals surface area contributed by atoms with E-state index in [1.54, 1.807) is 25.3 Å². The molecule has 3 aromatic rings. The zero-order valence-corrected chi connectivity index (χ0v) is 16.8. The van der Waals surface area contributed by atoms with Crippen LogP contribution in [0, 0.1) is 13.8 Å². The molecule has 0 atom stereocenters. The van der Waals surface area contributed by atoms with Gasteiger partial charge in [0, 0.05) is 21.5 Å². The summed E-state index contributed by atoms with van der Waals surface area (Å²) in [5.41, 5.74) is 3.76. The van der Waals surface area contributed by atoms with Crippen molar-refractivity contribution in [1.82, 2.24) is 4.98 Å². The molecule has 0 spiro atoms. The molecule has 0 aliphatic heterocycles. The molecule has 0 fully saturated rings. The van der Waals surface area contributed by atoms with Crippen LogP contribution in [0.5, 0.6) is 5.75 Å². The largest absolute Gasteiger partial charge is 0.496 e. The van der Waals surface area contributed by atoms with Crippen LogP contribution in [0.2, 0.25) is 5.02 Å². The van der Waals surface area contributed by atoms with Crippen molar-refractivity contribution in [3.63, 3.8) is 0 Å². The monoisotopic (exact) mass is 398 g/mol. The number of hydrogen-bond donors (Lipinski definition) is 1. The van der Waals surface area contributed by atoms with Gasteiger partial charge in [-0.25, -0.2) is 4.98 Å². The molecule has 0 saturated carbocycles. The molecule has 0 radical (unpaired) electrons. The number of carbonyl (C=O) groups is 1. The maximum Gasteiger partial charge on any atom is 0.250 e. The van der Waals surface area contributed by atoms with Crippen molar-refractivity contribution in [3.8, 4) is 17.0 Å². The van der Waals surface area contributed by atoms with Gasteiger partial charge < -0.3 is 4.74 Å². The molecule has 0 aliphatic rings. The van der Waals surface area contributed by atoms with Crippen LogP contribution in [0.4, 0.5) is 5.13 Å². The van der Waals surface area contributed by atoms with Crippen molar-refractivity contribution in [2.45, 2.75) is 13.8 Å². The Labute approximate surface area is 167 Å². The quantitative estimate of drug-likeness (QED) is 0.557. The molecule has 3 rings (SSSR count). The first-order valence-electron chi connectivity index (χ1n) is 8.33. The van der Waals surface area contributed by atoms with E-state index in [1.165, 1.54) is 17.4 Å². The van der Waals surface area contributed by atoms with E-state index in [4.69, 9.17) is 16.3 Å². The summed E-state index contributed by atoms with van der Waals surface area (Å²) in [5.74, 6) is 0.604. The third kappa shape index (κ3) is 4.76. The van der Waals surface area contributed by atoms with Crippen LogP contribution < -0.4 is 10.1 Å². The second kappa shape index (κ2) is 8.37. The van der Waals surface area contributed by atoms with E-state index in [0.717, 1.165) is 33.0 Å². The number of carbonyl (C=O) groups excluding carboxylic acids is 1. The van der Waals surface area contributed by atoms with Gasteiger partial charge in [-0.15, -0.1) is 11.3 Å². The summed E-state index contributed by atoms with van der Waals surface area (Å²) < 4.78 is 5.30. The van der Waals surface area contributed by atoms with E-state index in [9.17, 15) is 4.79 Å². The third-order valence-electron chi connectivity index (χ3n) is 3.97. The number of anilines is 1. The van der Waals surface area contributed by atoms with Crippen LogP contribution in [0.15, 0.2) is 48.5 Å². The first-order valence-corrected chi connectivity index (χ1v) is 9.53. The molecule has 0 bridgehead atoms. The number of hydrogen-bond acceptors (Lipinski definition) is 4. The lowest BCUT2D eigenvalue weighted by molar-refractivity contribution is -0.111. The Kier molecular flexibility index (Phi) is 5.94. The van der Waals surface area contributed by atoms with Gasteiger partial charge in [-0.3, -0.25) is 10.1 Å². The second-order valence-electron chi connectivity index (χ2n) is 5.99. The van der Waals surface area contributed by atoms with E-state index < -0.39 is 0 Å². The molecule has 0 aliphatic carbocycles. The number of ether oxygens (including phenoxy) is 1. The Morgan fingerprint density at radius 2 is 2.04 bits per heavy atom. The lowest BCUT2D eigenvalue weighted by Gasteiger charge is -2.06. The summed E-state index contributed by atoms with van der Waals surface area (Å²) in [7, 11) is 1.65. The Morgan fingerprint density at radius 1 is 1.22 bits per heavy atom. The van der Waals surface area contributed by atoms with Crippen LogP contribution in [0.1, 0.15) is 16.0 Å². The molecular weight excluding hydrogens is 380 g/mol. The highest BCUT2D eigenvalue weighted by Gasteiger charge is 2.12. The molecule has 138 valence electrons. The summed E-state index contributed by atoms with van der Waals surface area (Å²) in [6, 6.07) is 13.2. The highest BCUT2D eigenvalue weighted by molar-refractivity contribution is 7.16. The van der Waals surface area contributed by atoms with Gasteiger partial charge in [0.1, 0.15) is 5.75 Å². The Bertz CT molecular complexity index is 1010. The Balaban J connectivity index is 1.74. The van der Waals surface area contributed by atoms with Crippen molar-refractivity contribution in [3.05, 3.63) is 69.6 Å². The fraction of sp³-hybridized carbons (Fsp3) is 0.143. The molecule has 2 aromatic carbocycles. The molecule has 27 heavy (non-hydrogen) atoms. The number of aromatic nitrogens is 1. The molecule has 1 heterocycles. The van der Waals surface area contributed by atoms with Crippen LogP contribution in [-0.2, 0) is 4.79 Å². The second-order valence-corrected chi connectivity index (χ2v) is 7.63. The van der Waals surface area contributed by atoms with E-state index in [-0.39, 0.29) is 5.91 Å². The van der Waals surface area contributed by atoms with Crippen molar-refractivity contribution < 1.29 is 9.53 Å². The van der Waals surface area contributed by atoms with Gasteiger partial charge in [0.2, 0.25) is 5.91 Å². The predicted molar refractivity (Wildman–Crippen MR) is 113 cm³/mol. The number of rotatable bonds is 5. The van der Waals surface area contributed by atoms with Crippen LogP contribution in [-0.4, -0.2) is 18.0 Å². The molecule has 1 N–H and O–H groups in total. The maximum atomic E-state index is 12.2. The first-order chi connectivity index (χ1) is 13.0. The van der Waals surface area contributed by atoms with Gasteiger partial charge in [0.15, 0.2) is 5.13 Å². The molecule has 4 nitrogen and oxygen atoms in total. The lowest BCUT2D eigenvalue weighted by atomic mass is 10.1. The average molecular weight is 399 g/mol. The summed E-state index contributed by atoms with van der Waals surface area (Å²) in [4.78, 5) is 17.8. The summed E-state index contributed by atoms with van der Waals surface area (Å²) in [6.07, 6.45) is 3.19. The molecule has 0 unspecified atom stereocenters. The minimum atomic E-state index is -0.235. The Morgan fingerprint density at radius 3 is 2.74 bits per heavy atom. The van der Waals surface area contributed by atoms with E-state index >= 15 is 0 Å².